The Balaban J connectivity index is 1.89. The molecule has 0 bridgehead atoms. The molecule has 1 aliphatic carbocycles. The largest absolute Gasteiger partial charge is 0.329 e. The Morgan fingerprint density at radius 1 is 1.23 bits per heavy atom. The summed E-state index contributed by atoms with van der Waals surface area (Å²) in [5, 5.41) is 4.45. The first-order chi connectivity index (χ1) is 10.6. The average Bonchev–Trinajstić information content (AvgIpc) is 2.89. The predicted molar refractivity (Wildman–Crippen MR) is 86.9 cm³/mol. The van der Waals surface area contributed by atoms with Gasteiger partial charge in [0.1, 0.15) is 5.69 Å². The van der Waals surface area contributed by atoms with Crippen LogP contribution in [0.2, 0.25) is 0 Å². The second-order valence-electron chi connectivity index (χ2n) is 6.98. The number of hydrogen-bond donors (Lipinski definition) is 0. The molecule has 0 atom stereocenters. The van der Waals surface area contributed by atoms with Crippen molar-refractivity contribution in [2.24, 2.45) is 7.05 Å². The maximum atomic E-state index is 13.2. The molecule has 1 aromatic heterocycles. The molecular weight excluding hydrogens is 276 g/mol. The van der Waals surface area contributed by atoms with Crippen molar-refractivity contribution < 1.29 is 4.79 Å². The lowest BCUT2D eigenvalue weighted by Crippen LogP contribution is -2.64. The summed E-state index contributed by atoms with van der Waals surface area (Å²) in [5.41, 5.74) is 1.78. The van der Waals surface area contributed by atoms with Gasteiger partial charge in [-0.1, -0.05) is 26.2 Å². The Labute approximate surface area is 133 Å². The van der Waals surface area contributed by atoms with Crippen molar-refractivity contribution in [1.82, 2.24) is 19.6 Å². The second-order valence-corrected chi connectivity index (χ2v) is 6.98. The third-order valence-electron chi connectivity index (χ3n) is 5.38. The van der Waals surface area contributed by atoms with E-state index in [0.717, 1.165) is 50.3 Å². The summed E-state index contributed by atoms with van der Waals surface area (Å²) >= 11 is 0. The van der Waals surface area contributed by atoms with Gasteiger partial charge in [-0.05, 0) is 32.4 Å². The number of piperazine rings is 1. The van der Waals surface area contributed by atoms with Crippen molar-refractivity contribution in [3.8, 4) is 0 Å². The maximum absolute atomic E-state index is 13.2. The van der Waals surface area contributed by atoms with E-state index in [1.165, 1.54) is 19.3 Å². The molecule has 0 radical (unpaired) electrons. The first-order valence-electron chi connectivity index (χ1n) is 8.59. The number of aromatic nitrogens is 2. The normalized spacial score (nSPS) is 22.2. The van der Waals surface area contributed by atoms with Crippen molar-refractivity contribution in [2.75, 3.05) is 26.7 Å². The number of hydrogen-bond acceptors (Lipinski definition) is 3. The van der Waals surface area contributed by atoms with Gasteiger partial charge in [0.2, 0.25) is 0 Å². The Hall–Kier alpha value is -1.36. The van der Waals surface area contributed by atoms with Gasteiger partial charge in [0.25, 0.3) is 5.91 Å². The summed E-state index contributed by atoms with van der Waals surface area (Å²) < 4.78 is 1.76. The molecule has 2 fully saturated rings. The third-order valence-corrected chi connectivity index (χ3v) is 5.38. The minimum atomic E-state index is 0.0407. The van der Waals surface area contributed by atoms with Crippen LogP contribution in [0.25, 0.3) is 0 Å². The van der Waals surface area contributed by atoms with Crippen LogP contribution in [-0.2, 0) is 13.5 Å². The van der Waals surface area contributed by atoms with Crippen LogP contribution in [0.15, 0.2) is 6.07 Å². The highest BCUT2D eigenvalue weighted by molar-refractivity contribution is 5.93. The van der Waals surface area contributed by atoms with Crippen LogP contribution in [0.5, 0.6) is 0 Å². The minimum absolute atomic E-state index is 0.0407. The van der Waals surface area contributed by atoms with Crippen molar-refractivity contribution >= 4 is 5.91 Å². The van der Waals surface area contributed by atoms with E-state index in [0.29, 0.717) is 0 Å². The summed E-state index contributed by atoms with van der Waals surface area (Å²) in [5.74, 6) is 0.171. The zero-order valence-corrected chi connectivity index (χ0v) is 14.1. The van der Waals surface area contributed by atoms with E-state index in [4.69, 9.17) is 0 Å². The van der Waals surface area contributed by atoms with Gasteiger partial charge in [0.05, 0.1) is 11.2 Å². The van der Waals surface area contributed by atoms with Crippen molar-refractivity contribution in [3.63, 3.8) is 0 Å². The zero-order valence-electron chi connectivity index (χ0n) is 14.1. The minimum Gasteiger partial charge on any atom is -0.329 e. The highest BCUT2D eigenvalue weighted by Crippen LogP contribution is 2.37. The molecule has 5 heteroatoms. The first kappa shape index (κ1) is 15.5. The molecule has 22 heavy (non-hydrogen) atoms. The van der Waals surface area contributed by atoms with Crippen molar-refractivity contribution in [1.29, 1.82) is 0 Å². The van der Waals surface area contributed by atoms with E-state index in [2.05, 4.69) is 28.9 Å². The Morgan fingerprint density at radius 2 is 1.95 bits per heavy atom. The molecule has 1 aliphatic heterocycles. The van der Waals surface area contributed by atoms with Gasteiger partial charge < -0.3 is 9.80 Å². The van der Waals surface area contributed by atoms with E-state index in [-0.39, 0.29) is 11.4 Å². The second kappa shape index (κ2) is 6.03. The van der Waals surface area contributed by atoms with Crippen LogP contribution in [0, 0.1) is 0 Å². The highest BCUT2D eigenvalue weighted by Gasteiger charge is 2.44. The fraction of sp³-hybridized carbons (Fsp3) is 0.765. The number of likely N-dealkylation sites (N-methyl/N-ethyl adjacent to an activating group) is 1. The monoisotopic (exact) mass is 304 g/mol. The van der Waals surface area contributed by atoms with Crippen LogP contribution < -0.4 is 0 Å². The molecule has 1 spiro atoms. The Kier molecular flexibility index (Phi) is 4.26. The van der Waals surface area contributed by atoms with Gasteiger partial charge >= 0.3 is 0 Å². The Morgan fingerprint density at radius 3 is 2.59 bits per heavy atom. The lowest BCUT2D eigenvalue weighted by atomic mass is 9.78. The number of carbonyl (C=O) groups excluding carboxylic acids is 1. The van der Waals surface area contributed by atoms with Gasteiger partial charge in [-0.15, -0.1) is 0 Å². The zero-order chi connectivity index (χ0) is 15.7. The molecule has 1 saturated heterocycles. The van der Waals surface area contributed by atoms with E-state index in [1.54, 1.807) is 4.68 Å². The quantitative estimate of drug-likeness (QED) is 0.840. The lowest BCUT2D eigenvalue weighted by Gasteiger charge is -2.52. The van der Waals surface area contributed by atoms with Gasteiger partial charge in [0.15, 0.2) is 0 Å². The van der Waals surface area contributed by atoms with Crippen LogP contribution in [0.1, 0.15) is 55.2 Å². The summed E-state index contributed by atoms with van der Waals surface area (Å²) in [6.07, 6.45) is 6.93. The smallest absolute Gasteiger partial charge is 0.272 e. The summed E-state index contributed by atoms with van der Waals surface area (Å²) in [7, 11) is 4.06. The molecule has 0 N–H and O–H groups in total. The van der Waals surface area contributed by atoms with E-state index in [9.17, 15) is 4.79 Å². The fourth-order valence-corrected chi connectivity index (χ4v) is 4.17. The van der Waals surface area contributed by atoms with Crippen molar-refractivity contribution in [3.05, 3.63) is 17.5 Å². The predicted octanol–water partition coefficient (Wildman–Crippen LogP) is 2.07. The summed E-state index contributed by atoms with van der Waals surface area (Å²) in [6, 6.07) is 1.97. The standard InChI is InChI=1S/C17H28N4O/c1-4-14-12-15(20(3)18-14)16(22)21-11-10-19(2)13-17(21)8-6-5-7-9-17/h12H,4-11,13H2,1-3H3. The molecule has 5 nitrogen and oxygen atoms in total. The molecule has 1 amide bonds. The number of amides is 1. The molecule has 3 rings (SSSR count). The first-order valence-corrected chi connectivity index (χ1v) is 8.59. The van der Waals surface area contributed by atoms with E-state index in [1.807, 2.05) is 13.1 Å². The van der Waals surface area contributed by atoms with E-state index < -0.39 is 0 Å². The van der Waals surface area contributed by atoms with Gasteiger partial charge in [-0.2, -0.15) is 5.10 Å². The van der Waals surface area contributed by atoms with Gasteiger partial charge in [-0.3, -0.25) is 9.48 Å². The van der Waals surface area contributed by atoms with Crippen LogP contribution >= 0.6 is 0 Å². The molecule has 1 saturated carbocycles. The van der Waals surface area contributed by atoms with Crippen LogP contribution in [-0.4, -0.2) is 57.7 Å². The molecule has 122 valence electrons. The highest BCUT2D eigenvalue weighted by atomic mass is 16.2. The summed E-state index contributed by atoms with van der Waals surface area (Å²) in [6.45, 7) is 4.89. The SMILES string of the molecule is CCc1cc(C(=O)N2CCN(C)CC23CCCCC3)n(C)n1. The number of carbonyl (C=O) groups is 1. The molecule has 0 unspecified atom stereocenters. The Bertz CT molecular complexity index is 545. The van der Waals surface area contributed by atoms with Crippen LogP contribution in [0.4, 0.5) is 0 Å². The lowest BCUT2D eigenvalue weighted by molar-refractivity contribution is -0.00847. The number of rotatable bonds is 2. The van der Waals surface area contributed by atoms with Crippen molar-refractivity contribution in [2.45, 2.75) is 51.0 Å². The molecule has 1 aromatic rings. The fourth-order valence-electron chi connectivity index (χ4n) is 4.17. The molecule has 0 aromatic carbocycles. The third kappa shape index (κ3) is 2.67. The number of aryl methyl sites for hydroxylation is 2. The van der Waals surface area contributed by atoms with Crippen LogP contribution in [0.3, 0.4) is 0 Å². The van der Waals surface area contributed by atoms with E-state index >= 15 is 0 Å². The molecule has 2 aliphatic rings. The maximum Gasteiger partial charge on any atom is 0.272 e. The average molecular weight is 304 g/mol. The summed E-state index contributed by atoms with van der Waals surface area (Å²) in [4.78, 5) is 17.7. The topological polar surface area (TPSA) is 41.4 Å². The van der Waals surface area contributed by atoms with Gasteiger partial charge in [0, 0.05) is 26.7 Å². The molecule has 2 heterocycles. The number of nitrogens with zero attached hydrogens (tertiary/aromatic N) is 4. The molecular formula is C17H28N4O. The van der Waals surface area contributed by atoms with Gasteiger partial charge in [-0.25, -0.2) is 0 Å².